The highest BCUT2D eigenvalue weighted by atomic mass is 79.9. The van der Waals surface area contributed by atoms with Gasteiger partial charge < -0.3 is 10.1 Å². The minimum absolute atomic E-state index is 0.150. The van der Waals surface area contributed by atoms with Crippen molar-refractivity contribution in [3.8, 4) is 17.6 Å². The molecule has 6 nitrogen and oxygen atoms in total. The zero-order chi connectivity index (χ0) is 19.8. The van der Waals surface area contributed by atoms with Gasteiger partial charge in [-0.05, 0) is 30.3 Å². The van der Waals surface area contributed by atoms with E-state index in [0.717, 1.165) is 10.2 Å². The molecule has 0 bridgehead atoms. The molecule has 3 aromatic rings. The minimum atomic E-state index is -0.178. The van der Waals surface area contributed by atoms with E-state index in [4.69, 9.17) is 4.74 Å². The number of aryl methyl sites for hydroxylation is 1. The van der Waals surface area contributed by atoms with Crippen molar-refractivity contribution in [2.24, 2.45) is 0 Å². The molecule has 142 valence electrons. The molecule has 1 N–H and O–H groups in total. The van der Waals surface area contributed by atoms with E-state index in [1.165, 1.54) is 10.9 Å². The number of nitrogens with one attached hydrogen (secondary N) is 1. The van der Waals surface area contributed by atoms with Gasteiger partial charge in [-0.15, -0.1) is 0 Å². The van der Waals surface area contributed by atoms with E-state index >= 15 is 0 Å². The lowest BCUT2D eigenvalue weighted by molar-refractivity contribution is -0.121. The van der Waals surface area contributed by atoms with Crippen LogP contribution in [0.15, 0.2) is 64.1 Å². The number of para-hydroxylation sites is 1. The molecule has 0 saturated carbocycles. The van der Waals surface area contributed by atoms with Crippen LogP contribution < -0.4 is 15.6 Å². The Hall–Kier alpha value is -3.11. The number of carbonyl (C=O) groups is 1. The van der Waals surface area contributed by atoms with E-state index in [2.05, 4.69) is 38.1 Å². The Morgan fingerprint density at radius 3 is 2.89 bits per heavy atom. The number of hydrogen-bond acceptors (Lipinski definition) is 4. The lowest BCUT2D eigenvalue weighted by Gasteiger charge is -2.06. The van der Waals surface area contributed by atoms with Crippen LogP contribution in [0.25, 0.3) is 10.9 Å². The maximum absolute atomic E-state index is 12.4. The molecule has 0 spiro atoms. The van der Waals surface area contributed by atoms with Crippen molar-refractivity contribution in [3.63, 3.8) is 0 Å². The fraction of sp³-hybridized carbons (Fsp3) is 0.190. The number of hydrogen-bond donors (Lipinski definition) is 1. The molecule has 0 saturated heterocycles. The third-order valence-corrected chi connectivity index (χ3v) is 4.41. The third-order valence-electron chi connectivity index (χ3n) is 3.92. The molecule has 0 atom stereocenters. The van der Waals surface area contributed by atoms with Crippen LogP contribution >= 0.6 is 15.9 Å². The molecule has 0 aliphatic heterocycles. The summed E-state index contributed by atoms with van der Waals surface area (Å²) in [6, 6.07) is 14.6. The summed E-state index contributed by atoms with van der Waals surface area (Å²) in [4.78, 5) is 28.5. The molecule has 2 aromatic carbocycles. The van der Waals surface area contributed by atoms with Crippen molar-refractivity contribution in [2.45, 2.75) is 13.0 Å². The van der Waals surface area contributed by atoms with Crippen LogP contribution in [-0.4, -0.2) is 28.6 Å². The van der Waals surface area contributed by atoms with Crippen molar-refractivity contribution in [2.75, 3.05) is 13.2 Å². The fourth-order valence-corrected chi connectivity index (χ4v) is 2.89. The Kier molecular flexibility index (Phi) is 6.82. The van der Waals surface area contributed by atoms with E-state index in [0.29, 0.717) is 10.9 Å². The average Bonchev–Trinajstić information content (AvgIpc) is 2.70. The van der Waals surface area contributed by atoms with E-state index in [1.54, 1.807) is 18.2 Å². The fourth-order valence-electron chi connectivity index (χ4n) is 2.51. The van der Waals surface area contributed by atoms with Crippen LogP contribution in [0.5, 0.6) is 5.75 Å². The number of aromatic nitrogens is 2. The first-order chi connectivity index (χ1) is 13.6. The smallest absolute Gasteiger partial charge is 0.261 e. The maximum Gasteiger partial charge on any atom is 0.261 e. The van der Waals surface area contributed by atoms with Crippen molar-refractivity contribution in [1.29, 1.82) is 0 Å². The number of fused-ring (bicyclic) bond motifs is 1. The first kappa shape index (κ1) is 19.6. The normalized spacial score (nSPS) is 10.2. The summed E-state index contributed by atoms with van der Waals surface area (Å²) in [7, 11) is 0. The monoisotopic (exact) mass is 439 g/mol. The molecule has 0 fully saturated rings. The van der Waals surface area contributed by atoms with Crippen LogP contribution in [0.1, 0.15) is 6.42 Å². The zero-order valence-electron chi connectivity index (χ0n) is 15.0. The van der Waals surface area contributed by atoms with E-state index in [1.807, 2.05) is 30.3 Å². The van der Waals surface area contributed by atoms with Gasteiger partial charge in [-0.1, -0.05) is 46.0 Å². The number of nitrogens with zero attached hydrogens (tertiary/aromatic N) is 2. The summed E-state index contributed by atoms with van der Waals surface area (Å²) >= 11 is 3.37. The van der Waals surface area contributed by atoms with Crippen molar-refractivity contribution < 1.29 is 9.53 Å². The second kappa shape index (κ2) is 9.72. The SMILES string of the molecule is O=C(CCn1cnc2ccccc2c1=O)NCC#CCOc1cccc(Br)c1. The lowest BCUT2D eigenvalue weighted by atomic mass is 10.2. The number of ether oxygens (including phenoxy) is 1. The predicted molar refractivity (Wildman–Crippen MR) is 111 cm³/mol. The van der Waals surface area contributed by atoms with Gasteiger partial charge >= 0.3 is 0 Å². The molecule has 1 aromatic heterocycles. The van der Waals surface area contributed by atoms with Crippen molar-refractivity contribution >= 4 is 32.7 Å². The Labute approximate surface area is 170 Å². The van der Waals surface area contributed by atoms with E-state index < -0.39 is 0 Å². The van der Waals surface area contributed by atoms with Gasteiger partial charge in [0.25, 0.3) is 5.56 Å². The topological polar surface area (TPSA) is 73.2 Å². The molecule has 0 aliphatic carbocycles. The molecule has 1 amide bonds. The Bertz CT molecular complexity index is 1100. The second-order valence-electron chi connectivity index (χ2n) is 5.89. The summed E-state index contributed by atoms with van der Waals surface area (Å²) in [5, 5.41) is 3.25. The van der Waals surface area contributed by atoms with Crippen molar-refractivity contribution in [1.82, 2.24) is 14.9 Å². The van der Waals surface area contributed by atoms with E-state index in [9.17, 15) is 9.59 Å². The maximum atomic E-state index is 12.4. The van der Waals surface area contributed by atoms with Gasteiger partial charge in [-0.3, -0.25) is 14.2 Å². The van der Waals surface area contributed by atoms with Gasteiger partial charge in [-0.25, -0.2) is 4.98 Å². The lowest BCUT2D eigenvalue weighted by Crippen LogP contribution is -2.27. The quantitative estimate of drug-likeness (QED) is 0.599. The molecular formula is C21H18BrN3O3. The summed E-state index contributed by atoms with van der Waals surface area (Å²) in [6.45, 7) is 0.734. The predicted octanol–water partition coefficient (Wildman–Crippen LogP) is 2.75. The summed E-state index contributed by atoms with van der Waals surface area (Å²) < 4.78 is 7.87. The number of halogens is 1. The molecular weight excluding hydrogens is 422 g/mol. The standard InChI is InChI=1S/C21H18BrN3O3/c22-16-6-5-7-17(14-16)28-13-4-3-11-23-20(26)10-12-25-15-24-19-9-2-1-8-18(19)21(25)27/h1-2,5-9,14-15H,10-13H2,(H,23,26). The minimum Gasteiger partial charge on any atom is -0.481 e. The first-order valence-electron chi connectivity index (χ1n) is 8.68. The highest BCUT2D eigenvalue weighted by Gasteiger charge is 2.05. The van der Waals surface area contributed by atoms with Gasteiger partial charge in [0.2, 0.25) is 5.91 Å². The average molecular weight is 440 g/mol. The molecule has 0 radical (unpaired) electrons. The summed E-state index contributed by atoms with van der Waals surface area (Å²) in [5.74, 6) is 6.23. The van der Waals surface area contributed by atoms with Gasteiger partial charge in [0.05, 0.1) is 23.8 Å². The summed E-state index contributed by atoms with van der Waals surface area (Å²) in [6.07, 6.45) is 1.65. The Balaban J connectivity index is 1.42. The third kappa shape index (κ3) is 5.44. The number of rotatable bonds is 6. The van der Waals surface area contributed by atoms with E-state index in [-0.39, 0.29) is 37.6 Å². The largest absolute Gasteiger partial charge is 0.481 e. The van der Waals surface area contributed by atoms with Crippen LogP contribution in [-0.2, 0) is 11.3 Å². The number of benzene rings is 2. The molecule has 0 aliphatic rings. The Morgan fingerprint density at radius 1 is 1.18 bits per heavy atom. The molecule has 0 unspecified atom stereocenters. The van der Waals surface area contributed by atoms with Gasteiger partial charge in [0, 0.05) is 17.4 Å². The Morgan fingerprint density at radius 2 is 2.04 bits per heavy atom. The van der Waals surface area contributed by atoms with Gasteiger partial charge in [0.1, 0.15) is 12.4 Å². The second-order valence-corrected chi connectivity index (χ2v) is 6.80. The highest BCUT2D eigenvalue weighted by molar-refractivity contribution is 9.10. The molecule has 3 rings (SSSR count). The number of amides is 1. The van der Waals surface area contributed by atoms with Gasteiger partial charge in [0.15, 0.2) is 0 Å². The van der Waals surface area contributed by atoms with Crippen LogP contribution in [0.4, 0.5) is 0 Å². The molecule has 7 heteroatoms. The van der Waals surface area contributed by atoms with Crippen LogP contribution in [0, 0.1) is 11.8 Å². The van der Waals surface area contributed by atoms with Crippen LogP contribution in [0.2, 0.25) is 0 Å². The molecule has 1 heterocycles. The first-order valence-corrected chi connectivity index (χ1v) is 9.48. The van der Waals surface area contributed by atoms with Gasteiger partial charge in [-0.2, -0.15) is 0 Å². The van der Waals surface area contributed by atoms with Crippen molar-refractivity contribution in [3.05, 3.63) is 69.7 Å². The highest BCUT2D eigenvalue weighted by Crippen LogP contribution is 2.17. The zero-order valence-corrected chi connectivity index (χ0v) is 16.6. The summed E-state index contributed by atoms with van der Waals surface area (Å²) in [5.41, 5.74) is 0.497. The van der Waals surface area contributed by atoms with Crippen LogP contribution in [0.3, 0.4) is 0 Å². The molecule has 28 heavy (non-hydrogen) atoms. The number of carbonyl (C=O) groups excluding carboxylic acids is 1.